The summed E-state index contributed by atoms with van der Waals surface area (Å²) in [6.45, 7) is 3.71. The fourth-order valence-corrected chi connectivity index (χ4v) is 1.89. The van der Waals surface area contributed by atoms with Crippen LogP contribution in [0.4, 0.5) is 0 Å². The second-order valence-corrected chi connectivity index (χ2v) is 3.67. The second kappa shape index (κ2) is 4.96. The van der Waals surface area contributed by atoms with E-state index in [2.05, 4.69) is 0 Å². The summed E-state index contributed by atoms with van der Waals surface area (Å²) in [6.07, 6.45) is 6.85. The molecule has 0 amide bonds. The van der Waals surface area contributed by atoms with Crippen LogP contribution in [0.15, 0.2) is 24.3 Å². The molecule has 0 aromatic heterocycles. The first-order chi connectivity index (χ1) is 7.58. The molecule has 88 valence electrons. The monoisotopic (exact) mass is 224 g/mol. The number of hydrogen-bond acceptors (Lipinski definition) is 3. The van der Waals surface area contributed by atoms with E-state index in [1.165, 1.54) is 0 Å². The van der Waals surface area contributed by atoms with Crippen LogP contribution in [0.5, 0.6) is 0 Å². The number of carbonyl (C=O) groups excluding carboxylic acids is 1. The molecule has 2 atom stereocenters. The molecule has 1 N–H and O–H groups in total. The van der Waals surface area contributed by atoms with Crippen LogP contribution < -0.4 is 0 Å². The van der Waals surface area contributed by atoms with E-state index in [0.29, 0.717) is 6.42 Å². The Kier molecular flexibility index (Phi) is 3.88. The van der Waals surface area contributed by atoms with Crippen LogP contribution in [0.25, 0.3) is 0 Å². The molecule has 0 fully saturated rings. The van der Waals surface area contributed by atoms with Crippen molar-refractivity contribution in [3.05, 3.63) is 24.3 Å². The minimum absolute atomic E-state index is 0.256. The molecule has 0 bridgehead atoms. The predicted octanol–water partition coefficient (Wildman–Crippen LogP) is 1.77. The Labute approximate surface area is 94.6 Å². The molecule has 0 saturated carbocycles. The molecular formula is C12H16O4. The highest BCUT2D eigenvalue weighted by Gasteiger charge is 2.46. The lowest BCUT2D eigenvalue weighted by Gasteiger charge is -2.31. The van der Waals surface area contributed by atoms with Crippen LogP contribution in [-0.4, -0.2) is 23.7 Å². The lowest BCUT2D eigenvalue weighted by molar-refractivity contribution is -0.160. The lowest BCUT2D eigenvalue weighted by Crippen LogP contribution is -2.41. The molecule has 2 unspecified atom stereocenters. The van der Waals surface area contributed by atoms with E-state index in [-0.39, 0.29) is 6.61 Å². The van der Waals surface area contributed by atoms with Crippen molar-refractivity contribution in [2.75, 3.05) is 6.61 Å². The third-order valence-electron chi connectivity index (χ3n) is 2.89. The highest BCUT2D eigenvalue weighted by Crippen LogP contribution is 2.38. The zero-order chi connectivity index (χ0) is 12.2. The van der Waals surface area contributed by atoms with Crippen molar-refractivity contribution < 1.29 is 19.4 Å². The van der Waals surface area contributed by atoms with E-state index in [0.717, 1.165) is 0 Å². The Morgan fingerprint density at radius 3 is 2.56 bits per heavy atom. The zero-order valence-electron chi connectivity index (χ0n) is 9.47. The maximum Gasteiger partial charge on any atom is 0.314 e. The van der Waals surface area contributed by atoms with E-state index in [4.69, 9.17) is 4.74 Å². The van der Waals surface area contributed by atoms with Gasteiger partial charge in [0.2, 0.25) is 0 Å². The largest absolute Gasteiger partial charge is 0.481 e. The van der Waals surface area contributed by atoms with Gasteiger partial charge in [0.15, 0.2) is 0 Å². The van der Waals surface area contributed by atoms with Crippen molar-refractivity contribution in [3.8, 4) is 0 Å². The van der Waals surface area contributed by atoms with Gasteiger partial charge in [0.25, 0.3) is 0 Å². The quantitative estimate of drug-likeness (QED) is 0.739. The van der Waals surface area contributed by atoms with Gasteiger partial charge in [0.1, 0.15) is 5.41 Å². The normalized spacial score (nSPS) is 27.8. The molecule has 4 heteroatoms. The van der Waals surface area contributed by atoms with Crippen molar-refractivity contribution in [1.82, 2.24) is 0 Å². The van der Waals surface area contributed by atoms with Crippen molar-refractivity contribution >= 4 is 11.9 Å². The summed E-state index contributed by atoms with van der Waals surface area (Å²) in [5.41, 5.74) is -1.17. The topological polar surface area (TPSA) is 63.6 Å². The smallest absolute Gasteiger partial charge is 0.314 e. The van der Waals surface area contributed by atoms with Gasteiger partial charge in [-0.1, -0.05) is 31.2 Å². The third kappa shape index (κ3) is 2.01. The number of rotatable bonds is 4. The number of carbonyl (C=O) groups is 2. The van der Waals surface area contributed by atoms with Crippen molar-refractivity contribution in [2.24, 2.45) is 11.3 Å². The first-order valence-corrected chi connectivity index (χ1v) is 5.34. The van der Waals surface area contributed by atoms with Gasteiger partial charge in [-0.15, -0.1) is 0 Å². The maximum atomic E-state index is 11.7. The molecule has 1 rings (SSSR count). The van der Waals surface area contributed by atoms with E-state index >= 15 is 0 Å². The van der Waals surface area contributed by atoms with Gasteiger partial charge in [-0.25, -0.2) is 0 Å². The number of aliphatic carboxylic acids is 1. The Morgan fingerprint density at radius 2 is 2.06 bits per heavy atom. The Balaban J connectivity index is 3.04. The number of hydrogen-bond donors (Lipinski definition) is 1. The van der Waals surface area contributed by atoms with Crippen LogP contribution in [0.3, 0.4) is 0 Å². The van der Waals surface area contributed by atoms with E-state index in [9.17, 15) is 14.7 Å². The minimum atomic E-state index is -1.17. The molecule has 0 radical (unpaired) electrons. The third-order valence-corrected chi connectivity index (χ3v) is 2.89. The molecule has 0 saturated heterocycles. The molecule has 0 aliphatic heterocycles. The fourth-order valence-electron chi connectivity index (χ4n) is 1.89. The average Bonchev–Trinajstić information content (AvgIpc) is 2.28. The minimum Gasteiger partial charge on any atom is -0.481 e. The average molecular weight is 224 g/mol. The van der Waals surface area contributed by atoms with Gasteiger partial charge >= 0.3 is 11.9 Å². The number of ether oxygens (including phenoxy) is 1. The molecule has 16 heavy (non-hydrogen) atoms. The lowest BCUT2D eigenvalue weighted by atomic mass is 9.71. The van der Waals surface area contributed by atoms with E-state index in [1.54, 1.807) is 38.2 Å². The molecule has 4 nitrogen and oxygen atoms in total. The molecule has 0 aromatic carbocycles. The van der Waals surface area contributed by atoms with Gasteiger partial charge in [-0.3, -0.25) is 9.59 Å². The van der Waals surface area contributed by atoms with Gasteiger partial charge in [0, 0.05) is 0 Å². The van der Waals surface area contributed by atoms with Crippen LogP contribution in [0.1, 0.15) is 20.3 Å². The van der Waals surface area contributed by atoms with Gasteiger partial charge in [0.05, 0.1) is 12.5 Å². The van der Waals surface area contributed by atoms with Gasteiger partial charge in [-0.2, -0.15) is 0 Å². The zero-order valence-corrected chi connectivity index (χ0v) is 9.47. The van der Waals surface area contributed by atoms with Crippen LogP contribution in [0, 0.1) is 11.3 Å². The van der Waals surface area contributed by atoms with Crippen molar-refractivity contribution in [1.29, 1.82) is 0 Å². The highest BCUT2D eigenvalue weighted by molar-refractivity contribution is 5.88. The summed E-state index contributed by atoms with van der Waals surface area (Å²) in [4.78, 5) is 23.0. The summed E-state index contributed by atoms with van der Waals surface area (Å²) in [5, 5.41) is 9.28. The first-order valence-electron chi connectivity index (χ1n) is 5.34. The molecular weight excluding hydrogens is 208 g/mol. The maximum absolute atomic E-state index is 11.7. The molecule has 0 spiro atoms. The summed E-state index contributed by atoms with van der Waals surface area (Å²) < 4.78 is 4.90. The number of allylic oxidation sites excluding steroid dienone is 2. The summed E-state index contributed by atoms with van der Waals surface area (Å²) in [6, 6.07) is 0. The Bertz CT molecular complexity index is 343. The first kappa shape index (κ1) is 12.5. The Hall–Kier alpha value is -1.58. The SMILES string of the molecule is CCOC(=O)C1C=CC=CC1(CC)C(=O)O. The van der Waals surface area contributed by atoms with Crippen LogP contribution >= 0.6 is 0 Å². The Morgan fingerprint density at radius 1 is 1.38 bits per heavy atom. The number of carboxylic acids is 1. The van der Waals surface area contributed by atoms with Crippen LogP contribution in [-0.2, 0) is 14.3 Å². The number of carboxylic acid groups (broad SMARTS) is 1. The predicted molar refractivity (Wildman–Crippen MR) is 58.8 cm³/mol. The molecule has 1 aliphatic carbocycles. The molecule has 1 aliphatic rings. The van der Waals surface area contributed by atoms with E-state index < -0.39 is 23.3 Å². The standard InChI is InChI=1S/C12H16O4/c1-3-12(11(14)15)8-6-5-7-9(12)10(13)16-4-2/h5-9H,3-4H2,1-2H3,(H,14,15). The van der Waals surface area contributed by atoms with Crippen molar-refractivity contribution in [2.45, 2.75) is 20.3 Å². The van der Waals surface area contributed by atoms with Crippen LogP contribution in [0.2, 0.25) is 0 Å². The molecule has 0 aromatic rings. The second-order valence-electron chi connectivity index (χ2n) is 3.67. The van der Waals surface area contributed by atoms with Gasteiger partial charge < -0.3 is 9.84 Å². The summed E-state index contributed by atoms with van der Waals surface area (Å²) in [5.74, 6) is -2.21. The highest BCUT2D eigenvalue weighted by atomic mass is 16.5. The van der Waals surface area contributed by atoms with Gasteiger partial charge in [-0.05, 0) is 13.3 Å². The summed E-state index contributed by atoms with van der Waals surface area (Å²) >= 11 is 0. The fraction of sp³-hybridized carbons (Fsp3) is 0.500. The number of esters is 1. The molecule has 0 heterocycles. The summed E-state index contributed by atoms with van der Waals surface area (Å²) in [7, 11) is 0. The van der Waals surface area contributed by atoms with Crippen molar-refractivity contribution in [3.63, 3.8) is 0 Å². The van der Waals surface area contributed by atoms with E-state index in [1.807, 2.05) is 0 Å².